The van der Waals surface area contributed by atoms with Crippen molar-refractivity contribution in [3.05, 3.63) is 65.7 Å². The van der Waals surface area contributed by atoms with Crippen LogP contribution in [0.15, 0.2) is 48.5 Å². The van der Waals surface area contributed by atoms with Crippen LogP contribution in [0.2, 0.25) is 0 Å². The van der Waals surface area contributed by atoms with Gasteiger partial charge in [0.15, 0.2) is 11.6 Å². The smallest absolute Gasteiger partial charge is 0.303 e. The van der Waals surface area contributed by atoms with E-state index >= 15 is 0 Å². The number of nitrogens with one attached hydrogen (secondary N) is 1. The van der Waals surface area contributed by atoms with Gasteiger partial charge < -0.3 is 5.11 Å². The molecule has 0 amide bonds. The molecule has 2 heterocycles. The fourth-order valence-electron chi connectivity index (χ4n) is 3.63. The Morgan fingerprint density at radius 2 is 1.84 bits per heavy atom. The summed E-state index contributed by atoms with van der Waals surface area (Å²) in [5.41, 5.74) is 4.16. The molecule has 0 aliphatic rings. The number of rotatable bonds is 9. The summed E-state index contributed by atoms with van der Waals surface area (Å²) in [7, 11) is 0. The van der Waals surface area contributed by atoms with Gasteiger partial charge in [-0.1, -0.05) is 62.4 Å². The monoisotopic (exact) mass is 431 g/mol. The highest BCUT2D eigenvalue weighted by Gasteiger charge is 2.15. The molecule has 0 atom stereocenters. The van der Waals surface area contributed by atoms with E-state index in [9.17, 15) is 4.79 Å². The maximum atomic E-state index is 10.8. The van der Waals surface area contributed by atoms with Crippen LogP contribution in [0.4, 0.5) is 0 Å². The van der Waals surface area contributed by atoms with Crippen LogP contribution in [-0.2, 0) is 17.8 Å². The summed E-state index contributed by atoms with van der Waals surface area (Å²) in [5, 5.41) is 27.7. The Morgan fingerprint density at radius 1 is 1.09 bits per heavy atom. The molecule has 2 N–H and O–H groups in total. The van der Waals surface area contributed by atoms with E-state index in [4.69, 9.17) is 5.11 Å². The zero-order valence-electron chi connectivity index (χ0n) is 18.1. The molecule has 2 aromatic heterocycles. The molecule has 0 saturated heterocycles. The van der Waals surface area contributed by atoms with E-state index in [2.05, 4.69) is 68.8 Å². The van der Waals surface area contributed by atoms with E-state index < -0.39 is 5.97 Å². The summed E-state index contributed by atoms with van der Waals surface area (Å²) in [6.07, 6.45) is 1.22. The third kappa shape index (κ3) is 4.88. The Morgan fingerprint density at radius 3 is 2.50 bits per heavy atom. The fraction of sp³-hybridized carbons (Fsp3) is 0.304. The summed E-state index contributed by atoms with van der Waals surface area (Å²) >= 11 is 0. The number of aryl methyl sites for hydroxylation is 1. The molecule has 0 aliphatic carbocycles. The molecule has 0 aliphatic heterocycles. The molecule has 32 heavy (non-hydrogen) atoms. The lowest BCUT2D eigenvalue weighted by molar-refractivity contribution is -0.137. The van der Waals surface area contributed by atoms with Gasteiger partial charge in [0, 0.05) is 24.3 Å². The minimum absolute atomic E-state index is 0.124. The summed E-state index contributed by atoms with van der Waals surface area (Å²) in [4.78, 5) is 15.4. The molecule has 4 aromatic rings. The maximum absolute atomic E-state index is 10.8. The normalized spacial score (nSPS) is 11.2. The Bertz CT molecular complexity index is 1180. The Labute approximate surface area is 185 Å². The zero-order chi connectivity index (χ0) is 22.5. The molecule has 9 nitrogen and oxygen atoms in total. The first kappa shape index (κ1) is 21.4. The first-order valence-electron chi connectivity index (χ1n) is 10.6. The largest absolute Gasteiger partial charge is 0.481 e. The number of H-pyrrole nitrogens is 1. The van der Waals surface area contributed by atoms with Gasteiger partial charge in [-0.05, 0) is 33.5 Å². The van der Waals surface area contributed by atoms with Crippen LogP contribution >= 0.6 is 0 Å². The van der Waals surface area contributed by atoms with Gasteiger partial charge in [-0.15, -0.1) is 5.10 Å². The van der Waals surface area contributed by atoms with Gasteiger partial charge in [0.1, 0.15) is 5.82 Å². The summed E-state index contributed by atoms with van der Waals surface area (Å²) < 4.78 is 1.92. The first-order chi connectivity index (χ1) is 15.5. The zero-order valence-corrected chi connectivity index (χ0v) is 18.1. The minimum Gasteiger partial charge on any atom is -0.481 e. The molecule has 0 unspecified atom stereocenters. The van der Waals surface area contributed by atoms with Crippen molar-refractivity contribution in [2.45, 2.75) is 45.6 Å². The average Bonchev–Trinajstić information content (AvgIpc) is 3.45. The minimum atomic E-state index is -0.797. The highest BCUT2D eigenvalue weighted by Crippen LogP contribution is 2.30. The lowest BCUT2D eigenvalue weighted by atomic mass is 9.98. The first-order valence-corrected chi connectivity index (χ1v) is 10.6. The predicted octanol–water partition coefficient (Wildman–Crippen LogP) is 3.70. The topological polar surface area (TPSA) is 122 Å². The number of carboxylic acids is 1. The highest BCUT2D eigenvalue weighted by molar-refractivity contribution is 5.80. The van der Waals surface area contributed by atoms with Crippen molar-refractivity contribution in [2.24, 2.45) is 0 Å². The summed E-state index contributed by atoms with van der Waals surface area (Å²) in [5.74, 6) is 1.65. The van der Waals surface area contributed by atoms with Crippen molar-refractivity contribution in [1.82, 2.24) is 35.4 Å². The van der Waals surface area contributed by atoms with Crippen molar-refractivity contribution in [1.29, 1.82) is 0 Å². The van der Waals surface area contributed by atoms with Gasteiger partial charge in [0.2, 0.25) is 0 Å². The molecular formula is C23H25N7O2. The molecule has 4 rings (SSSR count). The molecule has 0 bridgehead atoms. The second-order valence-corrected chi connectivity index (χ2v) is 7.94. The Kier molecular flexibility index (Phi) is 6.34. The third-order valence-corrected chi connectivity index (χ3v) is 5.18. The van der Waals surface area contributed by atoms with Gasteiger partial charge in [0.05, 0.1) is 6.54 Å². The van der Waals surface area contributed by atoms with Crippen molar-refractivity contribution in [3.63, 3.8) is 0 Å². The van der Waals surface area contributed by atoms with E-state index in [1.807, 2.05) is 28.9 Å². The van der Waals surface area contributed by atoms with Crippen LogP contribution in [0.25, 0.3) is 22.5 Å². The van der Waals surface area contributed by atoms with Gasteiger partial charge >= 0.3 is 5.97 Å². The fourth-order valence-corrected chi connectivity index (χ4v) is 3.63. The average molecular weight is 432 g/mol. The molecule has 164 valence electrons. The van der Waals surface area contributed by atoms with Gasteiger partial charge in [0.25, 0.3) is 0 Å². The van der Waals surface area contributed by atoms with Crippen molar-refractivity contribution >= 4 is 5.97 Å². The van der Waals surface area contributed by atoms with Gasteiger partial charge in [-0.3, -0.25) is 4.79 Å². The van der Waals surface area contributed by atoms with Crippen LogP contribution in [0.3, 0.4) is 0 Å². The highest BCUT2D eigenvalue weighted by atomic mass is 16.4. The molecule has 0 spiro atoms. The number of hydrogen-bond acceptors (Lipinski definition) is 6. The number of carboxylic acid groups (broad SMARTS) is 1. The number of aliphatic carboxylic acids is 1. The number of aromatic amines is 1. The number of carbonyl (C=O) groups is 1. The summed E-state index contributed by atoms with van der Waals surface area (Å²) in [6.45, 7) is 4.77. The van der Waals surface area contributed by atoms with E-state index in [0.717, 1.165) is 28.1 Å². The number of benzene rings is 2. The van der Waals surface area contributed by atoms with Crippen LogP contribution in [0, 0.1) is 0 Å². The molecule has 2 aromatic carbocycles. The third-order valence-electron chi connectivity index (χ3n) is 5.18. The SMILES string of the molecule is CC(C)c1nc(CCCC(=O)O)nn1Cc1ccc(-c2ccccc2-c2nnn[nH]2)cc1. The van der Waals surface area contributed by atoms with Crippen molar-refractivity contribution in [3.8, 4) is 22.5 Å². The van der Waals surface area contributed by atoms with E-state index in [-0.39, 0.29) is 12.3 Å². The quantitative estimate of drug-likeness (QED) is 0.414. The van der Waals surface area contributed by atoms with Crippen molar-refractivity contribution < 1.29 is 9.90 Å². The number of hydrogen-bond donors (Lipinski definition) is 2. The molecule has 0 radical (unpaired) electrons. The Hall–Kier alpha value is -3.88. The van der Waals surface area contributed by atoms with Gasteiger partial charge in [-0.25, -0.2) is 14.8 Å². The molecular weight excluding hydrogens is 406 g/mol. The lowest BCUT2D eigenvalue weighted by Crippen LogP contribution is -2.08. The van der Waals surface area contributed by atoms with Crippen LogP contribution in [0.1, 0.15) is 49.8 Å². The number of aromatic nitrogens is 7. The van der Waals surface area contributed by atoms with Crippen LogP contribution in [0.5, 0.6) is 0 Å². The number of nitrogens with zero attached hydrogens (tertiary/aromatic N) is 6. The second kappa shape index (κ2) is 9.51. The van der Waals surface area contributed by atoms with Crippen LogP contribution in [-0.4, -0.2) is 46.5 Å². The molecule has 0 fully saturated rings. The van der Waals surface area contributed by atoms with Crippen molar-refractivity contribution in [2.75, 3.05) is 0 Å². The second-order valence-electron chi connectivity index (χ2n) is 7.94. The maximum Gasteiger partial charge on any atom is 0.303 e. The predicted molar refractivity (Wildman–Crippen MR) is 119 cm³/mol. The Balaban J connectivity index is 1.54. The van der Waals surface area contributed by atoms with Crippen LogP contribution < -0.4 is 0 Å². The van der Waals surface area contributed by atoms with E-state index in [1.54, 1.807) is 0 Å². The standard InChI is InChI=1S/C23H25N7O2/c1-15(2)23-24-20(8-5-9-21(31)32)27-30(23)14-16-10-12-17(13-11-16)18-6-3-4-7-19(18)22-25-28-29-26-22/h3-4,6-7,10-13,15H,5,8-9,14H2,1-2H3,(H,31,32)(H,25,26,28,29). The molecule has 0 saturated carbocycles. The van der Waals surface area contributed by atoms with Gasteiger partial charge in [-0.2, -0.15) is 5.10 Å². The number of tetrazole rings is 1. The summed E-state index contributed by atoms with van der Waals surface area (Å²) in [6, 6.07) is 16.3. The molecule has 9 heteroatoms. The van der Waals surface area contributed by atoms with E-state index in [1.165, 1.54) is 0 Å². The lowest BCUT2D eigenvalue weighted by Gasteiger charge is -2.10. The van der Waals surface area contributed by atoms with E-state index in [0.29, 0.717) is 31.0 Å².